The van der Waals surface area contributed by atoms with Crippen molar-refractivity contribution in [1.82, 2.24) is 0 Å². The average Bonchev–Trinajstić information content (AvgIpc) is 2.21. The molecule has 0 amide bonds. The summed E-state index contributed by atoms with van der Waals surface area (Å²) in [7, 11) is 0. The Morgan fingerprint density at radius 2 is 1.79 bits per heavy atom. The zero-order valence-corrected chi connectivity index (χ0v) is 8.84. The molecule has 14 heavy (non-hydrogen) atoms. The van der Waals surface area contributed by atoms with Gasteiger partial charge in [0.2, 0.25) is 0 Å². The van der Waals surface area contributed by atoms with Crippen LogP contribution in [0.4, 0.5) is 0 Å². The molecule has 0 fully saturated rings. The van der Waals surface area contributed by atoms with E-state index in [4.69, 9.17) is 6.42 Å². The molecule has 0 unspecified atom stereocenters. The van der Waals surface area contributed by atoms with Crippen molar-refractivity contribution in [3.63, 3.8) is 0 Å². The Bertz CT molecular complexity index is 287. The largest absolute Gasteiger partial charge is 0.0891 e. The fourth-order valence-corrected chi connectivity index (χ4v) is 1.47. The fourth-order valence-electron chi connectivity index (χ4n) is 1.47. The molecule has 1 aromatic rings. The van der Waals surface area contributed by atoms with Gasteiger partial charge in [-0.3, -0.25) is 0 Å². The summed E-state index contributed by atoms with van der Waals surface area (Å²) in [4.78, 5) is 0. The number of hydrogen-bond acceptors (Lipinski definition) is 0. The molecular weight excluding hydrogens is 168 g/mol. The molecule has 0 heteroatoms. The molecule has 0 aromatic heterocycles. The standard InChI is InChI=1S/C14H17/c1-3-4-5-6-7-8-14-11-9-13(2)10-12-14/h9-12H,4-8H2,2H3. The molecule has 0 aliphatic heterocycles. The van der Waals surface area contributed by atoms with Gasteiger partial charge in [0.15, 0.2) is 0 Å². The summed E-state index contributed by atoms with van der Waals surface area (Å²) in [6.45, 7) is 2.11. The van der Waals surface area contributed by atoms with Crippen LogP contribution in [0.1, 0.15) is 36.8 Å². The van der Waals surface area contributed by atoms with E-state index < -0.39 is 0 Å². The molecule has 0 N–H and O–H groups in total. The third-order valence-corrected chi connectivity index (χ3v) is 2.39. The van der Waals surface area contributed by atoms with Gasteiger partial charge in [0, 0.05) is 6.42 Å². The molecular formula is C14H17. The van der Waals surface area contributed by atoms with Crippen LogP contribution in [0.2, 0.25) is 0 Å². The fraction of sp³-hybridized carbons (Fsp3) is 0.429. The predicted octanol–water partition coefficient (Wildman–Crippen LogP) is 3.69. The smallest absolute Gasteiger partial charge is 0.00989 e. The van der Waals surface area contributed by atoms with E-state index >= 15 is 0 Å². The lowest BCUT2D eigenvalue weighted by atomic mass is 10.1. The lowest BCUT2D eigenvalue weighted by Gasteiger charge is -2.01. The zero-order chi connectivity index (χ0) is 10.2. The SMILES string of the molecule is [C]#CCCCCCc1ccc(C)cc1. The summed E-state index contributed by atoms with van der Waals surface area (Å²) in [6, 6.07) is 8.75. The summed E-state index contributed by atoms with van der Waals surface area (Å²) in [5.74, 6) is 2.42. The van der Waals surface area contributed by atoms with Crippen molar-refractivity contribution >= 4 is 0 Å². The van der Waals surface area contributed by atoms with Gasteiger partial charge in [-0.25, -0.2) is 0 Å². The van der Waals surface area contributed by atoms with E-state index in [9.17, 15) is 0 Å². The maximum absolute atomic E-state index is 6.78. The predicted molar refractivity (Wildman–Crippen MR) is 60.5 cm³/mol. The van der Waals surface area contributed by atoms with Gasteiger partial charge in [-0.15, -0.1) is 0 Å². The normalized spacial score (nSPS) is 9.71. The Labute approximate surface area is 87.4 Å². The Balaban J connectivity index is 2.19. The molecule has 0 atom stereocenters. The third-order valence-electron chi connectivity index (χ3n) is 2.39. The first-order chi connectivity index (χ1) is 6.83. The lowest BCUT2D eigenvalue weighted by Crippen LogP contribution is -1.85. The monoisotopic (exact) mass is 185 g/mol. The molecule has 0 nitrogen and oxygen atoms in total. The van der Waals surface area contributed by atoms with Gasteiger partial charge >= 0.3 is 0 Å². The lowest BCUT2D eigenvalue weighted by molar-refractivity contribution is 0.692. The van der Waals surface area contributed by atoms with E-state index in [0.29, 0.717) is 0 Å². The van der Waals surface area contributed by atoms with Crippen LogP contribution in [0.5, 0.6) is 0 Å². The highest BCUT2D eigenvalue weighted by atomic mass is 14.0. The van der Waals surface area contributed by atoms with Crippen molar-refractivity contribution in [3.8, 4) is 5.92 Å². The quantitative estimate of drug-likeness (QED) is 0.485. The molecule has 1 rings (SSSR count). The Morgan fingerprint density at radius 1 is 1.07 bits per heavy atom. The average molecular weight is 185 g/mol. The second-order valence-corrected chi connectivity index (χ2v) is 3.72. The van der Waals surface area contributed by atoms with Crippen LogP contribution >= 0.6 is 0 Å². The molecule has 0 saturated carbocycles. The zero-order valence-electron chi connectivity index (χ0n) is 8.84. The Kier molecular flexibility index (Phi) is 4.86. The van der Waals surface area contributed by atoms with E-state index in [1.165, 1.54) is 24.0 Å². The molecule has 0 spiro atoms. The molecule has 0 heterocycles. The number of benzene rings is 1. The minimum absolute atomic E-state index is 0.813. The van der Waals surface area contributed by atoms with Crippen LogP contribution in [0.15, 0.2) is 24.3 Å². The summed E-state index contributed by atoms with van der Waals surface area (Å²) >= 11 is 0. The summed E-state index contributed by atoms with van der Waals surface area (Å²) in [6.07, 6.45) is 12.3. The van der Waals surface area contributed by atoms with Crippen LogP contribution in [0.25, 0.3) is 0 Å². The van der Waals surface area contributed by atoms with Gasteiger partial charge in [-0.2, -0.15) is 0 Å². The Hall–Kier alpha value is -1.22. The van der Waals surface area contributed by atoms with Crippen molar-refractivity contribution in [3.05, 3.63) is 41.8 Å². The summed E-state index contributed by atoms with van der Waals surface area (Å²) in [5, 5.41) is 0. The minimum atomic E-state index is 0.813. The van der Waals surface area contributed by atoms with Gasteiger partial charge in [0.25, 0.3) is 0 Å². The number of aryl methyl sites for hydroxylation is 2. The third kappa shape index (κ3) is 4.14. The molecule has 0 saturated heterocycles. The van der Waals surface area contributed by atoms with Gasteiger partial charge in [0.05, 0.1) is 0 Å². The van der Waals surface area contributed by atoms with Crippen molar-refractivity contribution in [2.24, 2.45) is 0 Å². The molecule has 1 aromatic carbocycles. The highest BCUT2D eigenvalue weighted by Crippen LogP contribution is 2.08. The molecule has 0 bridgehead atoms. The first kappa shape index (κ1) is 10.9. The maximum Gasteiger partial charge on any atom is 0.00989 e. The van der Waals surface area contributed by atoms with Crippen LogP contribution < -0.4 is 0 Å². The highest BCUT2D eigenvalue weighted by Gasteiger charge is 1.92. The second-order valence-electron chi connectivity index (χ2n) is 3.72. The van der Waals surface area contributed by atoms with Crippen molar-refractivity contribution in [2.75, 3.05) is 0 Å². The van der Waals surface area contributed by atoms with Crippen LogP contribution in [-0.2, 0) is 6.42 Å². The minimum Gasteiger partial charge on any atom is -0.0891 e. The maximum atomic E-state index is 6.78. The first-order valence-electron chi connectivity index (χ1n) is 5.28. The second kappa shape index (κ2) is 6.27. The van der Waals surface area contributed by atoms with E-state index in [0.717, 1.165) is 19.3 Å². The number of rotatable bonds is 5. The van der Waals surface area contributed by atoms with E-state index in [2.05, 4.69) is 37.1 Å². The molecule has 73 valence electrons. The van der Waals surface area contributed by atoms with Gasteiger partial charge in [-0.05, 0) is 38.2 Å². The van der Waals surface area contributed by atoms with Crippen molar-refractivity contribution < 1.29 is 0 Å². The van der Waals surface area contributed by atoms with Gasteiger partial charge in [0.1, 0.15) is 0 Å². The van der Waals surface area contributed by atoms with E-state index in [1.54, 1.807) is 0 Å². The van der Waals surface area contributed by atoms with Crippen LogP contribution in [0.3, 0.4) is 0 Å². The summed E-state index contributed by atoms with van der Waals surface area (Å²) in [5.41, 5.74) is 2.75. The van der Waals surface area contributed by atoms with Gasteiger partial charge in [-0.1, -0.05) is 42.2 Å². The molecule has 0 aliphatic carbocycles. The van der Waals surface area contributed by atoms with Crippen molar-refractivity contribution in [1.29, 1.82) is 0 Å². The van der Waals surface area contributed by atoms with Crippen molar-refractivity contribution in [2.45, 2.75) is 39.0 Å². The van der Waals surface area contributed by atoms with E-state index in [-0.39, 0.29) is 0 Å². The first-order valence-corrected chi connectivity index (χ1v) is 5.28. The van der Waals surface area contributed by atoms with Crippen LogP contribution in [0, 0.1) is 19.3 Å². The van der Waals surface area contributed by atoms with Gasteiger partial charge < -0.3 is 0 Å². The topological polar surface area (TPSA) is 0 Å². The van der Waals surface area contributed by atoms with Crippen LogP contribution in [-0.4, -0.2) is 0 Å². The Morgan fingerprint density at radius 3 is 2.43 bits per heavy atom. The highest BCUT2D eigenvalue weighted by molar-refractivity contribution is 5.21. The van der Waals surface area contributed by atoms with E-state index in [1.807, 2.05) is 0 Å². The molecule has 1 radical (unpaired) electrons. The number of hydrogen-bond donors (Lipinski definition) is 0. The summed E-state index contributed by atoms with van der Waals surface area (Å²) < 4.78 is 0. The number of unbranched alkanes of at least 4 members (excludes halogenated alkanes) is 3. The molecule has 0 aliphatic rings.